The van der Waals surface area contributed by atoms with Gasteiger partial charge in [-0.3, -0.25) is 4.79 Å². The van der Waals surface area contributed by atoms with Crippen LogP contribution in [-0.4, -0.2) is 17.8 Å². The predicted molar refractivity (Wildman–Crippen MR) is 57.1 cm³/mol. The zero-order valence-corrected chi connectivity index (χ0v) is 9.36. The van der Waals surface area contributed by atoms with Gasteiger partial charge in [0.05, 0.1) is 0 Å². The van der Waals surface area contributed by atoms with Gasteiger partial charge >= 0.3 is 0 Å². The van der Waals surface area contributed by atoms with E-state index in [0.29, 0.717) is 13.0 Å². The van der Waals surface area contributed by atoms with Gasteiger partial charge in [-0.2, -0.15) is 0 Å². The van der Waals surface area contributed by atoms with E-state index in [1.807, 2.05) is 6.92 Å². The van der Waals surface area contributed by atoms with Gasteiger partial charge < -0.3 is 5.32 Å². The van der Waals surface area contributed by atoms with Crippen molar-refractivity contribution in [2.45, 2.75) is 51.3 Å². The van der Waals surface area contributed by atoms with Gasteiger partial charge in [-0.15, -0.1) is 11.6 Å². The highest BCUT2D eigenvalue weighted by Crippen LogP contribution is 2.00. The van der Waals surface area contributed by atoms with Crippen LogP contribution in [0.25, 0.3) is 0 Å². The SMILES string of the molecule is CCCCCC(=O)NCCC(C)Cl. The molecule has 0 fully saturated rings. The molecule has 0 radical (unpaired) electrons. The minimum absolute atomic E-state index is 0.149. The first-order valence-electron chi connectivity index (χ1n) is 5.07. The molecular weight excluding hydrogens is 186 g/mol. The van der Waals surface area contributed by atoms with Gasteiger partial charge in [0, 0.05) is 18.3 Å². The van der Waals surface area contributed by atoms with Crippen molar-refractivity contribution >= 4 is 17.5 Å². The van der Waals surface area contributed by atoms with Crippen LogP contribution in [0, 0.1) is 0 Å². The van der Waals surface area contributed by atoms with Crippen LogP contribution in [0.1, 0.15) is 46.0 Å². The number of unbranched alkanes of at least 4 members (excludes halogenated alkanes) is 2. The molecule has 0 aromatic rings. The summed E-state index contributed by atoms with van der Waals surface area (Å²) in [6.07, 6.45) is 4.80. The Morgan fingerprint density at radius 3 is 2.69 bits per heavy atom. The van der Waals surface area contributed by atoms with E-state index in [9.17, 15) is 4.79 Å². The van der Waals surface area contributed by atoms with Crippen molar-refractivity contribution < 1.29 is 4.79 Å². The van der Waals surface area contributed by atoms with Crippen molar-refractivity contribution in [1.29, 1.82) is 0 Å². The first kappa shape index (κ1) is 12.8. The summed E-state index contributed by atoms with van der Waals surface area (Å²) in [5.41, 5.74) is 0. The molecule has 2 nitrogen and oxygen atoms in total. The average Bonchev–Trinajstić information content (AvgIpc) is 2.04. The molecule has 3 heteroatoms. The molecule has 78 valence electrons. The van der Waals surface area contributed by atoms with Crippen LogP contribution in [0.15, 0.2) is 0 Å². The van der Waals surface area contributed by atoms with Crippen LogP contribution in [0.5, 0.6) is 0 Å². The maximum Gasteiger partial charge on any atom is 0.219 e. The fourth-order valence-electron chi connectivity index (χ4n) is 1.03. The second-order valence-electron chi connectivity index (χ2n) is 3.38. The second kappa shape index (κ2) is 8.36. The van der Waals surface area contributed by atoms with Gasteiger partial charge in [-0.25, -0.2) is 0 Å². The van der Waals surface area contributed by atoms with Crippen LogP contribution >= 0.6 is 11.6 Å². The number of nitrogens with one attached hydrogen (secondary N) is 1. The van der Waals surface area contributed by atoms with Crippen molar-refractivity contribution in [2.75, 3.05) is 6.54 Å². The van der Waals surface area contributed by atoms with E-state index >= 15 is 0 Å². The molecule has 13 heavy (non-hydrogen) atoms. The molecule has 0 rings (SSSR count). The fraction of sp³-hybridized carbons (Fsp3) is 0.900. The van der Waals surface area contributed by atoms with Gasteiger partial charge in [-0.1, -0.05) is 19.8 Å². The van der Waals surface area contributed by atoms with Crippen LogP contribution in [0.2, 0.25) is 0 Å². The highest BCUT2D eigenvalue weighted by atomic mass is 35.5. The Labute approximate surface area is 86.0 Å². The van der Waals surface area contributed by atoms with Crippen LogP contribution in [-0.2, 0) is 4.79 Å². The minimum atomic E-state index is 0.149. The molecule has 0 spiro atoms. The first-order valence-corrected chi connectivity index (χ1v) is 5.51. The van der Waals surface area contributed by atoms with Gasteiger partial charge in [0.15, 0.2) is 0 Å². The number of amides is 1. The molecule has 0 aromatic heterocycles. The van der Waals surface area contributed by atoms with Crippen molar-refractivity contribution in [1.82, 2.24) is 5.32 Å². The standard InChI is InChI=1S/C10H20ClNO/c1-3-4-5-6-10(13)12-8-7-9(2)11/h9H,3-8H2,1-2H3,(H,12,13). The largest absolute Gasteiger partial charge is 0.356 e. The summed E-state index contributed by atoms with van der Waals surface area (Å²) in [6, 6.07) is 0. The number of hydrogen-bond acceptors (Lipinski definition) is 1. The van der Waals surface area contributed by atoms with E-state index in [4.69, 9.17) is 11.6 Å². The summed E-state index contributed by atoms with van der Waals surface area (Å²) in [5.74, 6) is 0.158. The molecule has 0 heterocycles. The summed E-state index contributed by atoms with van der Waals surface area (Å²) >= 11 is 5.74. The van der Waals surface area contributed by atoms with Gasteiger partial charge in [0.1, 0.15) is 0 Å². The smallest absolute Gasteiger partial charge is 0.219 e. The molecule has 1 unspecified atom stereocenters. The zero-order chi connectivity index (χ0) is 10.1. The highest BCUT2D eigenvalue weighted by Gasteiger charge is 2.01. The average molecular weight is 206 g/mol. The number of carbonyl (C=O) groups excluding carboxylic acids is 1. The molecule has 0 aliphatic carbocycles. The summed E-state index contributed by atoms with van der Waals surface area (Å²) in [4.78, 5) is 11.1. The summed E-state index contributed by atoms with van der Waals surface area (Å²) in [6.45, 7) is 4.77. The Morgan fingerprint density at radius 2 is 2.15 bits per heavy atom. The van der Waals surface area contributed by atoms with E-state index in [0.717, 1.165) is 25.7 Å². The third kappa shape index (κ3) is 9.68. The lowest BCUT2D eigenvalue weighted by atomic mass is 10.2. The highest BCUT2D eigenvalue weighted by molar-refractivity contribution is 6.20. The maximum atomic E-state index is 11.1. The van der Waals surface area contributed by atoms with Crippen molar-refractivity contribution in [3.63, 3.8) is 0 Å². The lowest BCUT2D eigenvalue weighted by Gasteiger charge is -2.05. The number of halogens is 1. The van der Waals surface area contributed by atoms with Gasteiger partial charge in [-0.05, 0) is 19.8 Å². The topological polar surface area (TPSA) is 29.1 Å². The number of hydrogen-bond donors (Lipinski definition) is 1. The molecule has 0 aliphatic rings. The normalized spacial score (nSPS) is 12.5. The van der Waals surface area contributed by atoms with Crippen LogP contribution < -0.4 is 5.32 Å². The number of carbonyl (C=O) groups is 1. The van der Waals surface area contributed by atoms with Gasteiger partial charge in [0.25, 0.3) is 0 Å². The fourth-order valence-corrected chi connectivity index (χ4v) is 1.14. The molecule has 0 bridgehead atoms. The van der Waals surface area contributed by atoms with E-state index in [1.165, 1.54) is 0 Å². The maximum absolute atomic E-state index is 11.1. The molecule has 1 amide bonds. The van der Waals surface area contributed by atoms with E-state index in [1.54, 1.807) is 0 Å². The summed E-state index contributed by atoms with van der Waals surface area (Å²) in [5, 5.41) is 3.00. The van der Waals surface area contributed by atoms with Crippen molar-refractivity contribution in [3.8, 4) is 0 Å². The van der Waals surface area contributed by atoms with E-state index in [2.05, 4.69) is 12.2 Å². The molecular formula is C10H20ClNO. The zero-order valence-electron chi connectivity index (χ0n) is 8.61. The minimum Gasteiger partial charge on any atom is -0.356 e. The third-order valence-electron chi connectivity index (χ3n) is 1.87. The lowest BCUT2D eigenvalue weighted by Crippen LogP contribution is -2.25. The monoisotopic (exact) mass is 205 g/mol. The van der Waals surface area contributed by atoms with E-state index in [-0.39, 0.29) is 11.3 Å². The molecule has 0 aromatic carbocycles. The Hall–Kier alpha value is -0.240. The van der Waals surface area contributed by atoms with Crippen LogP contribution in [0.3, 0.4) is 0 Å². The van der Waals surface area contributed by atoms with Crippen LogP contribution in [0.4, 0.5) is 0 Å². The second-order valence-corrected chi connectivity index (χ2v) is 4.12. The molecule has 1 atom stereocenters. The Balaban J connectivity index is 3.20. The van der Waals surface area contributed by atoms with Crippen molar-refractivity contribution in [2.24, 2.45) is 0 Å². The number of alkyl halides is 1. The first-order chi connectivity index (χ1) is 6.16. The lowest BCUT2D eigenvalue weighted by molar-refractivity contribution is -0.121. The Morgan fingerprint density at radius 1 is 1.46 bits per heavy atom. The van der Waals surface area contributed by atoms with Gasteiger partial charge in [0.2, 0.25) is 5.91 Å². The van der Waals surface area contributed by atoms with E-state index < -0.39 is 0 Å². The predicted octanol–water partition coefficient (Wildman–Crippen LogP) is 2.70. The Bertz CT molecular complexity index is 137. The number of rotatable bonds is 7. The summed E-state index contributed by atoms with van der Waals surface area (Å²) in [7, 11) is 0. The molecule has 0 saturated heterocycles. The quantitative estimate of drug-likeness (QED) is 0.503. The molecule has 0 aliphatic heterocycles. The summed E-state index contributed by atoms with van der Waals surface area (Å²) < 4.78 is 0. The Kier molecular flexibility index (Phi) is 8.21. The molecule has 1 N–H and O–H groups in total. The molecule has 0 saturated carbocycles. The third-order valence-corrected chi connectivity index (χ3v) is 2.09. The van der Waals surface area contributed by atoms with Crippen molar-refractivity contribution in [3.05, 3.63) is 0 Å².